The molecule has 2 aliphatic heterocycles. The highest BCUT2D eigenvalue weighted by atomic mass is 16.5. The molecule has 0 aliphatic carbocycles. The SMILES string of the molecule is CCN(CC)CCN1C(=O)C(=O)/C(=C(\O)c2ccc3c(c2)N(C)CCO3)C1c1ccc(OC)cc1. The minimum absolute atomic E-state index is 0.0963. The van der Waals surface area contributed by atoms with E-state index in [1.54, 1.807) is 42.3 Å². The Balaban J connectivity index is 1.79. The summed E-state index contributed by atoms with van der Waals surface area (Å²) in [6.07, 6.45) is 0. The lowest BCUT2D eigenvalue weighted by Gasteiger charge is -2.29. The predicted octanol–water partition coefficient (Wildman–Crippen LogP) is 3.29. The molecule has 1 N–H and O–H groups in total. The van der Waals surface area contributed by atoms with Crippen LogP contribution in [0.3, 0.4) is 0 Å². The molecule has 186 valence electrons. The monoisotopic (exact) mass is 479 g/mol. The number of aliphatic hydroxyl groups is 1. The fourth-order valence-corrected chi connectivity index (χ4v) is 4.69. The van der Waals surface area contributed by atoms with Crippen LogP contribution in [-0.2, 0) is 9.59 Å². The average molecular weight is 480 g/mol. The smallest absolute Gasteiger partial charge is 0.295 e. The van der Waals surface area contributed by atoms with Crippen molar-refractivity contribution < 1.29 is 24.2 Å². The maximum atomic E-state index is 13.3. The summed E-state index contributed by atoms with van der Waals surface area (Å²) < 4.78 is 11.0. The van der Waals surface area contributed by atoms with Crippen molar-refractivity contribution in [2.75, 3.05) is 58.4 Å². The molecule has 2 heterocycles. The van der Waals surface area contributed by atoms with Crippen molar-refractivity contribution in [2.24, 2.45) is 0 Å². The van der Waals surface area contributed by atoms with Crippen LogP contribution >= 0.6 is 0 Å². The highest BCUT2D eigenvalue weighted by Crippen LogP contribution is 2.41. The van der Waals surface area contributed by atoms with Crippen LogP contribution < -0.4 is 14.4 Å². The van der Waals surface area contributed by atoms with Gasteiger partial charge < -0.3 is 29.3 Å². The van der Waals surface area contributed by atoms with Gasteiger partial charge in [-0.25, -0.2) is 0 Å². The number of hydrogen-bond acceptors (Lipinski definition) is 7. The first-order valence-electron chi connectivity index (χ1n) is 12.0. The van der Waals surface area contributed by atoms with Crippen molar-refractivity contribution in [2.45, 2.75) is 19.9 Å². The largest absolute Gasteiger partial charge is 0.507 e. The van der Waals surface area contributed by atoms with Crippen LogP contribution in [0.5, 0.6) is 11.5 Å². The second-order valence-corrected chi connectivity index (χ2v) is 8.75. The number of carbonyl (C=O) groups is 2. The van der Waals surface area contributed by atoms with Crippen LogP contribution in [-0.4, -0.2) is 80.1 Å². The van der Waals surface area contributed by atoms with Crippen molar-refractivity contribution in [3.8, 4) is 11.5 Å². The molecule has 2 aromatic rings. The number of ketones is 1. The van der Waals surface area contributed by atoms with E-state index in [-0.39, 0.29) is 11.3 Å². The van der Waals surface area contributed by atoms with Gasteiger partial charge in [0, 0.05) is 25.7 Å². The van der Waals surface area contributed by atoms with Gasteiger partial charge in [-0.15, -0.1) is 0 Å². The zero-order valence-electron chi connectivity index (χ0n) is 20.8. The second-order valence-electron chi connectivity index (χ2n) is 8.75. The molecule has 1 unspecified atom stereocenters. The lowest BCUT2D eigenvalue weighted by molar-refractivity contribution is -0.140. The van der Waals surface area contributed by atoms with Gasteiger partial charge in [0.2, 0.25) is 0 Å². The van der Waals surface area contributed by atoms with Crippen LogP contribution in [0.25, 0.3) is 5.76 Å². The number of rotatable bonds is 8. The van der Waals surface area contributed by atoms with Gasteiger partial charge in [0.15, 0.2) is 0 Å². The summed E-state index contributed by atoms with van der Waals surface area (Å²) in [5.74, 6) is -0.0624. The average Bonchev–Trinajstić information content (AvgIpc) is 3.14. The highest BCUT2D eigenvalue weighted by molar-refractivity contribution is 6.46. The Labute approximate surface area is 206 Å². The number of benzene rings is 2. The maximum absolute atomic E-state index is 13.3. The van der Waals surface area contributed by atoms with Gasteiger partial charge in [-0.2, -0.15) is 0 Å². The van der Waals surface area contributed by atoms with Crippen molar-refractivity contribution in [3.63, 3.8) is 0 Å². The standard InChI is InChI=1S/C27H33N3O5/c1-5-29(6-2)13-14-30-24(18-7-10-20(34-4)11-8-18)23(26(32)27(30)33)25(31)19-9-12-22-21(17-19)28(3)15-16-35-22/h7-12,17,24,31H,5-6,13-16H2,1-4H3/b25-23-. The third-order valence-corrected chi connectivity index (χ3v) is 6.85. The van der Waals surface area contributed by atoms with E-state index in [1.165, 1.54) is 0 Å². The van der Waals surface area contributed by atoms with E-state index in [0.717, 1.165) is 36.6 Å². The van der Waals surface area contributed by atoms with Crippen LogP contribution in [0.1, 0.15) is 31.0 Å². The van der Waals surface area contributed by atoms with E-state index < -0.39 is 17.7 Å². The Morgan fingerprint density at radius 2 is 1.86 bits per heavy atom. The molecule has 4 rings (SSSR count). The minimum atomic E-state index is -0.693. The van der Waals surface area contributed by atoms with Gasteiger partial charge in [-0.05, 0) is 49.0 Å². The molecule has 0 radical (unpaired) electrons. The van der Waals surface area contributed by atoms with Crippen molar-refractivity contribution in [1.82, 2.24) is 9.80 Å². The highest BCUT2D eigenvalue weighted by Gasteiger charge is 2.46. The van der Waals surface area contributed by atoms with E-state index in [1.807, 2.05) is 24.1 Å². The Bertz CT molecular complexity index is 1120. The van der Waals surface area contributed by atoms with Gasteiger partial charge in [0.1, 0.15) is 23.9 Å². The molecular formula is C27H33N3O5. The predicted molar refractivity (Wildman–Crippen MR) is 135 cm³/mol. The van der Waals surface area contributed by atoms with Crippen molar-refractivity contribution in [1.29, 1.82) is 0 Å². The number of likely N-dealkylation sites (N-methyl/N-ethyl adjacent to an activating group) is 2. The quantitative estimate of drug-likeness (QED) is 0.353. The lowest BCUT2D eigenvalue weighted by Crippen LogP contribution is -2.38. The number of fused-ring (bicyclic) bond motifs is 1. The van der Waals surface area contributed by atoms with Gasteiger partial charge in [-0.1, -0.05) is 26.0 Å². The Kier molecular flexibility index (Phi) is 7.31. The summed E-state index contributed by atoms with van der Waals surface area (Å²) in [6.45, 7) is 8.14. The first-order valence-corrected chi connectivity index (χ1v) is 12.0. The molecule has 35 heavy (non-hydrogen) atoms. The molecule has 0 spiro atoms. The first-order chi connectivity index (χ1) is 16.9. The number of amides is 1. The summed E-state index contributed by atoms with van der Waals surface area (Å²) >= 11 is 0. The second kappa shape index (κ2) is 10.4. The number of anilines is 1. The van der Waals surface area contributed by atoms with Gasteiger partial charge in [0.25, 0.3) is 11.7 Å². The van der Waals surface area contributed by atoms with Gasteiger partial charge in [0.05, 0.1) is 31.0 Å². The topological polar surface area (TPSA) is 82.6 Å². The van der Waals surface area contributed by atoms with Crippen LogP contribution in [0.2, 0.25) is 0 Å². The van der Waals surface area contributed by atoms with Gasteiger partial charge >= 0.3 is 0 Å². The third-order valence-electron chi connectivity index (χ3n) is 6.85. The molecule has 8 heteroatoms. The van der Waals surface area contributed by atoms with Crippen molar-refractivity contribution >= 4 is 23.1 Å². The number of Topliss-reactive ketones (excluding diaryl/α,β-unsaturated/α-hetero) is 1. The molecule has 8 nitrogen and oxygen atoms in total. The third kappa shape index (κ3) is 4.71. The zero-order valence-corrected chi connectivity index (χ0v) is 20.8. The maximum Gasteiger partial charge on any atom is 0.295 e. The molecule has 0 aromatic heterocycles. The Morgan fingerprint density at radius 3 is 2.51 bits per heavy atom. The number of carbonyl (C=O) groups excluding carboxylic acids is 2. The fraction of sp³-hybridized carbons (Fsp3) is 0.407. The lowest BCUT2D eigenvalue weighted by atomic mass is 9.95. The summed E-state index contributed by atoms with van der Waals surface area (Å²) in [6, 6.07) is 11.9. The molecule has 0 bridgehead atoms. The number of aliphatic hydroxyl groups excluding tert-OH is 1. The summed E-state index contributed by atoms with van der Waals surface area (Å²) in [7, 11) is 3.54. The molecule has 0 saturated carbocycles. The van der Waals surface area contributed by atoms with Gasteiger partial charge in [-0.3, -0.25) is 9.59 Å². The minimum Gasteiger partial charge on any atom is -0.507 e. The van der Waals surface area contributed by atoms with E-state index in [0.29, 0.717) is 31.0 Å². The summed E-state index contributed by atoms with van der Waals surface area (Å²) in [5, 5.41) is 11.4. The van der Waals surface area contributed by atoms with Crippen LogP contribution in [0.15, 0.2) is 48.0 Å². The van der Waals surface area contributed by atoms with Crippen LogP contribution in [0, 0.1) is 0 Å². The number of methoxy groups -OCH3 is 1. The number of nitrogens with zero attached hydrogens (tertiary/aromatic N) is 3. The Hall–Kier alpha value is -3.52. The molecule has 1 saturated heterocycles. The van der Waals surface area contributed by atoms with Crippen LogP contribution in [0.4, 0.5) is 5.69 Å². The molecule has 2 aliphatic rings. The summed E-state index contributed by atoms with van der Waals surface area (Å²) in [4.78, 5) is 32.3. The first kappa shape index (κ1) is 24.6. The van der Waals surface area contributed by atoms with Crippen molar-refractivity contribution in [3.05, 3.63) is 59.2 Å². The van der Waals surface area contributed by atoms with E-state index in [9.17, 15) is 14.7 Å². The molecular weight excluding hydrogens is 446 g/mol. The van der Waals surface area contributed by atoms with E-state index in [2.05, 4.69) is 18.7 Å². The molecule has 1 amide bonds. The van der Waals surface area contributed by atoms with E-state index >= 15 is 0 Å². The number of likely N-dealkylation sites (tertiary alicyclic amines) is 1. The van der Waals surface area contributed by atoms with E-state index in [4.69, 9.17) is 9.47 Å². The molecule has 1 fully saturated rings. The molecule has 1 atom stereocenters. The fourth-order valence-electron chi connectivity index (χ4n) is 4.69. The summed E-state index contributed by atoms with van der Waals surface area (Å²) in [5.41, 5.74) is 2.14. The Morgan fingerprint density at radius 1 is 1.14 bits per heavy atom. The molecule has 2 aromatic carbocycles. The number of hydrogen-bond donors (Lipinski definition) is 1. The number of ether oxygens (including phenoxy) is 2. The normalized spacial score (nSPS) is 19.2. The zero-order chi connectivity index (χ0) is 25.1.